The van der Waals surface area contributed by atoms with E-state index in [1.807, 2.05) is 43.5 Å². The molecule has 3 rings (SSSR count). The van der Waals surface area contributed by atoms with Crippen molar-refractivity contribution in [2.45, 2.75) is 26.3 Å². The summed E-state index contributed by atoms with van der Waals surface area (Å²) in [7, 11) is 2.00. The lowest BCUT2D eigenvalue weighted by atomic mass is 10.0. The molecule has 0 radical (unpaired) electrons. The zero-order valence-electron chi connectivity index (χ0n) is 15.8. The van der Waals surface area contributed by atoms with Gasteiger partial charge in [-0.25, -0.2) is 0 Å². The van der Waals surface area contributed by atoms with Gasteiger partial charge in [0.2, 0.25) is 5.78 Å². The average Bonchev–Trinajstić information content (AvgIpc) is 2.99. The first-order valence-corrected chi connectivity index (χ1v) is 9.29. The number of benzene rings is 2. The first-order valence-electron chi connectivity index (χ1n) is 9.29. The van der Waals surface area contributed by atoms with Crippen LogP contribution in [0.2, 0.25) is 0 Å². The zero-order chi connectivity index (χ0) is 19.2. The number of fused-ring (bicyclic) bond motifs is 1. The minimum atomic E-state index is -0.153. The van der Waals surface area contributed by atoms with Crippen molar-refractivity contribution in [2.75, 3.05) is 13.6 Å². The highest BCUT2D eigenvalue weighted by molar-refractivity contribution is 6.12. The molecule has 0 spiro atoms. The fraction of sp³-hybridized carbons (Fsp3) is 0.261. The van der Waals surface area contributed by atoms with Gasteiger partial charge in [-0.05, 0) is 43.8 Å². The molecule has 140 valence electrons. The van der Waals surface area contributed by atoms with Gasteiger partial charge in [0, 0.05) is 6.54 Å². The number of ketones is 1. The number of phenolic OH excluding ortho intramolecular Hbond substituents is 1. The van der Waals surface area contributed by atoms with Gasteiger partial charge in [0.15, 0.2) is 5.76 Å². The van der Waals surface area contributed by atoms with Crippen molar-refractivity contribution in [1.82, 2.24) is 4.90 Å². The molecule has 0 saturated heterocycles. The first kappa shape index (κ1) is 18.9. The van der Waals surface area contributed by atoms with Crippen LogP contribution in [0.5, 0.6) is 11.5 Å². The molecular weight excluding hydrogens is 338 g/mol. The largest absolute Gasteiger partial charge is 0.507 e. The number of nitrogens with zero attached hydrogens (tertiary/aromatic N) is 1. The Morgan fingerprint density at radius 1 is 1.15 bits per heavy atom. The van der Waals surface area contributed by atoms with Crippen molar-refractivity contribution in [3.63, 3.8) is 0 Å². The van der Waals surface area contributed by atoms with Crippen LogP contribution in [0.3, 0.4) is 0 Å². The van der Waals surface area contributed by atoms with Gasteiger partial charge in [0.05, 0.1) is 11.1 Å². The molecule has 0 aliphatic carbocycles. The molecule has 2 aromatic rings. The minimum absolute atomic E-state index is 0.153. The molecule has 0 aromatic heterocycles. The number of phenols is 1. The van der Waals surface area contributed by atoms with E-state index in [1.165, 1.54) is 0 Å². The van der Waals surface area contributed by atoms with Gasteiger partial charge in [0.1, 0.15) is 11.5 Å². The van der Waals surface area contributed by atoms with Gasteiger partial charge in [0.25, 0.3) is 0 Å². The smallest absolute Gasteiger partial charge is 0.231 e. The van der Waals surface area contributed by atoms with Crippen LogP contribution in [-0.4, -0.2) is 29.4 Å². The summed E-state index contributed by atoms with van der Waals surface area (Å²) in [4.78, 5) is 14.8. The molecule has 4 heteroatoms. The molecule has 1 heterocycles. The quantitative estimate of drug-likeness (QED) is 0.718. The highest BCUT2D eigenvalue weighted by Crippen LogP contribution is 2.39. The van der Waals surface area contributed by atoms with E-state index in [0.29, 0.717) is 23.4 Å². The Hall–Kier alpha value is -2.85. The number of ether oxygens (including phenoxy) is 1. The molecule has 1 aliphatic heterocycles. The second kappa shape index (κ2) is 8.69. The molecule has 27 heavy (non-hydrogen) atoms. The van der Waals surface area contributed by atoms with Gasteiger partial charge < -0.3 is 14.7 Å². The summed E-state index contributed by atoms with van der Waals surface area (Å²) in [6.07, 6.45) is 7.60. The molecule has 0 unspecified atom stereocenters. The lowest BCUT2D eigenvalue weighted by molar-refractivity contribution is 0.101. The predicted molar refractivity (Wildman–Crippen MR) is 108 cm³/mol. The highest BCUT2D eigenvalue weighted by Gasteiger charge is 2.30. The number of hydrogen-bond acceptors (Lipinski definition) is 4. The molecule has 1 aliphatic rings. The Balaban J connectivity index is 1.80. The Labute approximate surface area is 160 Å². The fourth-order valence-electron chi connectivity index (χ4n) is 3.05. The molecule has 1 N–H and O–H groups in total. The summed E-state index contributed by atoms with van der Waals surface area (Å²) in [6, 6.07) is 13.1. The monoisotopic (exact) mass is 363 g/mol. The Morgan fingerprint density at radius 3 is 2.67 bits per heavy atom. The predicted octanol–water partition coefficient (Wildman–Crippen LogP) is 4.80. The maximum Gasteiger partial charge on any atom is 0.231 e. The van der Waals surface area contributed by atoms with Crippen LogP contribution >= 0.6 is 0 Å². The normalized spacial score (nSPS) is 14.9. The molecule has 4 nitrogen and oxygen atoms in total. The van der Waals surface area contributed by atoms with Crippen LogP contribution in [0.1, 0.15) is 41.3 Å². The van der Waals surface area contributed by atoms with E-state index in [9.17, 15) is 9.90 Å². The van der Waals surface area contributed by atoms with Crippen molar-refractivity contribution in [2.24, 2.45) is 0 Å². The zero-order valence-corrected chi connectivity index (χ0v) is 15.8. The molecule has 0 saturated carbocycles. The van der Waals surface area contributed by atoms with Crippen molar-refractivity contribution in [1.29, 1.82) is 0 Å². The van der Waals surface area contributed by atoms with Gasteiger partial charge in [-0.15, -0.1) is 0 Å². The van der Waals surface area contributed by atoms with Crippen LogP contribution in [0.4, 0.5) is 0 Å². The number of allylic oxidation sites excluding steroid dienone is 3. The van der Waals surface area contributed by atoms with Gasteiger partial charge in [-0.3, -0.25) is 4.79 Å². The van der Waals surface area contributed by atoms with Crippen molar-refractivity contribution in [3.05, 3.63) is 77.1 Å². The van der Waals surface area contributed by atoms with Crippen LogP contribution in [0.15, 0.2) is 60.4 Å². The molecular formula is C23H25NO3. The minimum Gasteiger partial charge on any atom is -0.507 e. The van der Waals surface area contributed by atoms with Crippen molar-refractivity contribution >= 4 is 11.9 Å². The maximum absolute atomic E-state index is 12.6. The lowest BCUT2D eigenvalue weighted by Crippen LogP contribution is -2.19. The maximum atomic E-state index is 12.6. The number of unbranched alkanes of at least 4 members (excludes halogenated alkanes) is 1. The van der Waals surface area contributed by atoms with E-state index < -0.39 is 0 Å². The van der Waals surface area contributed by atoms with E-state index in [0.717, 1.165) is 24.9 Å². The number of carbonyl (C=O) groups excluding carboxylic acids is 1. The molecule has 2 aromatic carbocycles. The SMILES string of the molecule is CCCCN(C)Cc1c(O)ccc2c1O/C(=C\C=C\c1ccccc1)C2=O. The third-order valence-electron chi connectivity index (χ3n) is 4.57. The highest BCUT2D eigenvalue weighted by atomic mass is 16.5. The summed E-state index contributed by atoms with van der Waals surface area (Å²) >= 11 is 0. The summed E-state index contributed by atoms with van der Waals surface area (Å²) in [5, 5.41) is 10.3. The molecule has 0 fully saturated rings. The number of carbonyl (C=O) groups is 1. The van der Waals surface area contributed by atoms with E-state index in [-0.39, 0.29) is 17.3 Å². The van der Waals surface area contributed by atoms with Gasteiger partial charge in [-0.2, -0.15) is 0 Å². The van der Waals surface area contributed by atoms with Crippen LogP contribution in [-0.2, 0) is 6.54 Å². The first-order chi connectivity index (χ1) is 13.1. The van der Waals surface area contributed by atoms with Crippen LogP contribution in [0, 0.1) is 0 Å². The Morgan fingerprint density at radius 2 is 1.93 bits per heavy atom. The van der Waals surface area contributed by atoms with Gasteiger partial charge >= 0.3 is 0 Å². The van der Waals surface area contributed by atoms with E-state index >= 15 is 0 Å². The summed E-state index contributed by atoms with van der Waals surface area (Å²) in [5.41, 5.74) is 2.22. The molecule has 0 amide bonds. The third kappa shape index (κ3) is 4.47. The van der Waals surface area contributed by atoms with E-state index in [4.69, 9.17) is 4.74 Å². The number of rotatable bonds is 7. The Bertz CT molecular complexity index is 869. The standard InChI is InChI=1S/C23H25NO3/c1-3-4-15-24(2)16-19-20(25)14-13-18-22(26)21(27-23(18)19)12-8-11-17-9-6-5-7-10-17/h5-14,25H,3-4,15-16H2,1-2H3/b11-8+,21-12-. The number of Topliss-reactive ketones (excluding diaryl/α,β-unsaturated/α-hetero) is 1. The van der Waals surface area contributed by atoms with Gasteiger partial charge in [-0.1, -0.05) is 55.8 Å². The third-order valence-corrected chi connectivity index (χ3v) is 4.57. The molecule has 0 bridgehead atoms. The van der Waals surface area contributed by atoms with E-state index in [2.05, 4.69) is 11.8 Å². The summed E-state index contributed by atoms with van der Waals surface area (Å²) < 4.78 is 5.85. The number of hydrogen-bond donors (Lipinski definition) is 1. The second-order valence-electron chi connectivity index (χ2n) is 6.76. The van der Waals surface area contributed by atoms with Crippen molar-refractivity contribution in [3.8, 4) is 11.5 Å². The van der Waals surface area contributed by atoms with E-state index in [1.54, 1.807) is 24.3 Å². The number of aromatic hydroxyl groups is 1. The molecule has 0 atom stereocenters. The van der Waals surface area contributed by atoms with Crippen LogP contribution in [0.25, 0.3) is 6.08 Å². The summed E-state index contributed by atoms with van der Waals surface area (Å²) in [5.74, 6) is 0.758. The summed E-state index contributed by atoms with van der Waals surface area (Å²) in [6.45, 7) is 3.61. The topological polar surface area (TPSA) is 49.8 Å². The van der Waals surface area contributed by atoms with Crippen molar-refractivity contribution < 1.29 is 14.6 Å². The Kier molecular flexibility index (Phi) is 6.09. The fourth-order valence-corrected chi connectivity index (χ4v) is 3.05. The second-order valence-corrected chi connectivity index (χ2v) is 6.76. The average molecular weight is 363 g/mol. The lowest BCUT2D eigenvalue weighted by Gasteiger charge is -2.18. The van der Waals surface area contributed by atoms with Crippen LogP contribution < -0.4 is 4.74 Å².